The van der Waals surface area contributed by atoms with E-state index in [1.165, 1.54) is 26.2 Å². The lowest BCUT2D eigenvalue weighted by atomic mass is 9.61. The van der Waals surface area contributed by atoms with Crippen molar-refractivity contribution in [3.05, 3.63) is 47.8 Å². The summed E-state index contributed by atoms with van der Waals surface area (Å²) in [5.41, 5.74) is 1.33. The van der Waals surface area contributed by atoms with Crippen LogP contribution in [0.1, 0.15) is 81.1 Å². The van der Waals surface area contributed by atoms with Gasteiger partial charge in [-0.05, 0) is 89.5 Å². The van der Waals surface area contributed by atoms with Gasteiger partial charge in [0.1, 0.15) is 12.2 Å². The molecular formula is C31H36FN7O3. The lowest BCUT2D eigenvalue weighted by molar-refractivity contribution is -0.125. The molecule has 1 atom stereocenters. The average molecular weight is 574 g/mol. The van der Waals surface area contributed by atoms with Gasteiger partial charge in [0.25, 0.3) is 5.91 Å². The summed E-state index contributed by atoms with van der Waals surface area (Å²) in [4.78, 5) is 30.5. The Morgan fingerprint density at radius 2 is 1.83 bits per heavy atom. The second-order valence-corrected chi connectivity index (χ2v) is 12.8. The summed E-state index contributed by atoms with van der Waals surface area (Å²) in [7, 11) is 0. The van der Waals surface area contributed by atoms with Crippen molar-refractivity contribution < 1.29 is 19.1 Å². The number of rotatable bonds is 9. The van der Waals surface area contributed by atoms with E-state index in [4.69, 9.17) is 0 Å². The molecule has 10 nitrogen and oxygen atoms in total. The van der Waals surface area contributed by atoms with Crippen molar-refractivity contribution in [2.24, 2.45) is 5.92 Å². The van der Waals surface area contributed by atoms with Gasteiger partial charge in [0, 0.05) is 23.2 Å². The van der Waals surface area contributed by atoms with Crippen molar-refractivity contribution in [1.82, 2.24) is 25.2 Å². The van der Waals surface area contributed by atoms with E-state index < -0.39 is 17.7 Å². The third-order valence-electron chi connectivity index (χ3n) is 9.23. The number of aromatic nitrogens is 3. The minimum Gasteiger partial charge on any atom is -0.387 e. The fraction of sp³-hybridized carbons (Fsp3) is 0.516. The normalized spacial score (nSPS) is 24.2. The molecule has 2 bridgehead atoms. The molecule has 0 aromatic carbocycles. The number of hydrogen-bond acceptors (Lipinski definition) is 7. The predicted octanol–water partition coefficient (Wildman–Crippen LogP) is 3.89. The smallest absolute Gasteiger partial charge is 0.255 e. The van der Waals surface area contributed by atoms with Crippen LogP contribution >= 0.6 is 0 Å². The van der Waals surface area contributed by atoms with Gasteiger partial charge < -0.3 is 21.1 Å². The van der Waals surface area contributed by atoms with Crippen LogP contribution in [0.4, 0.5) is 10.1 Å². The summed E-state index contributed by atoms with van der Waals surface area (Å²) >= 11 is 0. The summed E-state index contributed by atoms with van der Waals surface area (Å²) in [5.74, 6) is -0.134. The number of nitrogens with zero attached hydrogens (tertiary/aromatic N) is 4. The summed E-state index contributed by atoms with van der Waals surface area (Å²) in [6.45, 7) is 2.38. The number of carbonyl (C=O) groups excluding carboxylic acids is 2. The number of fused-ring (bicyclic) bond motifs is 4. The Kier molecular flexibility index (Phi) is 6.92. The van der Waals surface area contributed by atoms with Crippen molar-refractivity contribution in [3.8, 4) is 17.5 Å². The zero-order valence-corrected chi connectivity index (χ0v) is 23.9. The minimum atomic E-state index is -1.64. The number of anilines is 1. The molecule has 0 spiro atoms. The van der Waals surface area contributed by atoms with E-state index >= 15 is 0 Å². The van der Waals surface area contributed by atoms with Crippen molar-refractivity contribution in [3.63, 3.8) is 0 Å². The van der Waals surface area contributed by atoms with Crippen molar-refractivity contribution >= 4 is 23.0 Å². The van der Waals surface area contributed by atoms with Crippen molar-refractivity contribution in [2.45, 2.75) is 88.1 Å². The van der Waals surface area contributed by atoms with Crippen molar-refractivity contribution in [2.75, 3.05) is 11.9 Å². The Hall–Kier alpha value is -4.04. The predicted molar refractivity (Wildman–Crippen MR) is 154 cm³/mol. The molecule has 42 heavy (non-hydrogen) atoms. The number of halogens is 1. The second-order valence-electron chi connectivity index (χ2n) is 12.8. The summed E-state index contributed by atoms with van der Waals surface area (Å²) in [5, 5.41) is 33.3. The highest BCUT2D eigenvalue weighted by Crippen LogP contribution is 2.49. The molecule has 4 N–H and O–H groups in total. The molecule has 4 aliphatic rings. The van der Waals surface area contributed by atoms with Gasteiger partial charge in [-0.3, -0.25) is 14.6 Å². The second kappa shape index (κ2) is 10.3. The van der Waals surface area contributed by atoms with E-state index in [2.05, 4.69) is 32.1 Å². The van der Waals surface area contributed by atoms with Gasteiger partial charge in [-0.25, -0.2) is 8.91 Å². The number of nitriles is 1. The third-order valence-corrected chi connectivity index (χ3v) is 9.23. The molecule has 2 amide bonds. The Morgan fingerprint density at radius 1 is 1.14 bits per heavy atom. The highest BCUT2D eigenvalue weighted by molar-refractivity contribution is 6.00. The minimum absolute atomic E-state index is 0.154. The highest BCUT2D eigenvalue weighted by atomic mass is 19.1. The first-order valence-corrected chi connectivity index (χ1v) is 14.6. The molecule has 4 fully saturated rings. The molecule has 4 saturated carbocycles. The van der Waals surface area contributed by atoms with Crippen LogP contribution in [-0.2, 0) is 4.79 Å². The van der Waals surface area contributed by atoms with Crippen LogP contribution < -0.4 is 16.0 Å². The van der Waals surface area contributed by atoms with Gasteiger partial charge in [-0.15, -0.1) is 0 Å². The van der Waals surface area contributed by atoms with Gasteiger partial charge >= 0.3 is 0 Å². The quantitative estimate of drug-likeness (QED) is 0.304. The molecule has 4 aliphatic carbocycles. The molecule has 0 aliphatic heterocycles. The van der Waals surface area contributed by atoms with Gasteiger partial charge in [0.15, 0.2) is 0 Å². The van der Waals surface area contributed by atoms with E-state index in [0.29, 0.717) is 22.6 Å². The van der Waals surface area contributed by atoms with Crippen molar-refractivity contribution in [1.29, 1.82) is 5.26 Å². The van der Waals surface area contributed by atoms with E-state index in [9.17, 15) is 24.3 Å². The molecule has 3 heterocycles. The van der Waals surface area contributed by atoms with Gasteiger partial charge in [0.05, 0.1) is 52.1 Å². The lowest BCUT2D eigenvalue weighted by Crippen LogP contribution is -2.61. The first-order chi connectivity index (χ1) is 20.0. The molecule has 7 rings (SSSR count). The topological polar surface area (TPSA) is 144 Å². The fourth-order valence-electron chi connectivity index (χ4n) is 6.22. The zero-order chi connectivity index (χ0) is 29.7. The number of pyridine rings is 1. The summed E-state index contributed by atoms with van der Waals surface area (Å²) < 4.78 is 16.2. The average Bonchev–Trinajstić information content (AvgIpc) is 3.75. The van der Waals surface area contributed by atoms with Gasteiger partial charge in [0.2, 0.25) is 5.91 Å². The molecule has 3 aromatic rings. The number of alkyl halides is 1. The maximum atomic E-state index is 14.5. The number of amides is 2. The van der Waals surface area contributed by atoms with E-state index in [1.807, 2.05) is 18.2 Å². The van der Waals surface area contributed by atoms with E-state index in [1.54, 1.807) is 10.6 Å². The Morgan fingerprint density at radius 3 is 2.48 bits per heavy atom. The van der Waals surface area contributed by atoms with Gasteiger partial charge in [-0.2, -0.15) is 10.4 Å². The summed E-state index contributed by atoms with van der Waals surface area (Å²) in [6.07, 6.45) is 8.40. The first-order valence-electron chi connectivity index (χ1n) is 14.6. The molecule has 220 valence electrons. The molecule has 11 heteroatoms. The number of hydrogen-bond donors (Lipinski definition) is 4. The number of nitrogens with one attached hydrogen (secondary N) is 3. The number of aliphatic hydroxyl groups is 1. The molecule has 0 unspecified atom stereocenters. The summed E-state index contributed by atoms with van der Waals surface area (Å²) in [6, 6.07) is 9.37. The molecule has 0 radical (unpaired) electrons. The van der Waals surface area contributed by atoms with Crippen LogP contribution in [0, 0.1) is 17.2 Å². The van der Waals surface area contributed by atoms with Crippen LogP contribution in [0.5, 0.6) is 0 Å². The van der Waals surface area contributed by atoms with E-state index in [0.717, 1.165) is 56.9 Å². The standard InChI is InChI=1S/C31H36FN7O3/c1-29(2,42)26(32)18-35-28(41)22-17-34-24(25-6-5-21-13-19(15-33)16-36-39(21)25)14-23(22)37-30-7-10-31(11-8-30,12-9-30)38-27(40)20-3-4-20/h5-6,13-14,16-17,20,26,42H,3-4,7-12,18H2,1-2H3,(H,34,37)(H,35,41)(H,38,40)/t26-,30?,31?/m1/s1. The SMILES string of the molecule is CC(C)(O)[C@H](F)CNC(=O)c1cnc(-c2ccc3cc(C#N)cnn23)cc1NC12CCC(NC(=O)C3CC3)(CC1)CC2. The van der Waals surface area contributed by atoms with E-state index in [-0.39, 0.29) is 35.0 Å². The zero-order valence-electron chi connectivity index (χ0n) is 23.9. The van der Waals surface area contributed by atoms with Crippen LogP contribution in [0.2, 0.25) is 0 Å². The van der Waals surface area contributed by atoms with Crippen LogP contribution in [0.25, 0.3) is 16.9 Å². The molecule has 0 saturated heterocycles. The third kappa shape index (κ3) is 5.43. The van der Waals surface area contributed by atoms with Gasteiger partial charge in [-0.1, -0.05) is 0 Å². The first kappa shape index (κ1) is 28.1. The molecule has 3 aromatic heterocycles. The fourth-order valence-corrected chi connectivity index (χ4v) is 6.22. The maximum Gasteiger partial charge on any atom is 0.255 e. The Balaban J connectivity index is 1.28. The number of carbonyl (C=O) groups is 2. The molecular weight excluding hydrogens is 537 g/mol. The maximum absolute atomic E-state index is 14.5. The lowest BCUT2D eigenvalue weighted by Gasteiger charge is -2.54. The van der Waals surface area contributed by atoms with Crippen LogP contribution in [0.3, 0.4) is 0 Å². The Labute approximate surface area is 243 Å². The monoisotopic (exact) mass is 573 g/mol. The largest absolute Gasteiger partial charge is 0.387 e. The Bertz CT molecular complexity index is 1560. The highest BCUT2D eigenvalue weighted by Gasteiger charge is 2.50. The van der Waals surface area contributed by atoms with Crippen LogP contribution in [-0.4, -0.2) is 60.9 Å². The van der Waals surface area contributed by atoms with Crippen LogP contribution in [0.15, 0.2) is 36.7 Å².